The van der Waals surface area contributed by atoms with E-state index >= 15 is 0 Å². The molecule has 0 saturated heterocycles. The summed E-state index contributed by atoms with van der Waals surface area (Å²) in [5, 5.41) is 8.99. The third-order valence-corrected chi connectivity index (χ3v) is 7.81. The molecule has 0 saturated carbocycles. The minimum absolute atomic E-state index is 0.201. The van der Waals surface area contributed by atoms with E-state index in [1.165, 1.54) is 0 Å². The van der Waals surface area contributed by atoms with Crippen molar-refractivity contribution in [2.75, 3.05) is 6.61 Å². The van der Waals surface area contributed by atoms with Crippen molar-refractivity contribution < 1.29 is 9.53 Å². The zero-order chi connectivity index (χ0) is 12.8. The maximum Gasteiger partial charge on any atom is 0.192 e. The number of hydrogen-bond acceptors (Lipinski definition) is 2. The molecule has 0 aromatic rings. The molecule has 0 heterocycles. The molecule has 0 aliphatic carbocycles. The first-order valence-corrected chi connectivity index (χ1v) is 9.10. The van der Waals surface area contributed by atoms with Crippen LogP contribution in [0.15, 0.2) is 12.2 Å². The fourth-order valence-electron chi connectivity index (χ4n) is 1.14. The molecule has 16 heavy (non-hydrogen) atoms. The van der Waals surface area contributed by atoms with E-state index in [2.05, 4.69) is 46.9 Å². The Kier molecular flexibility index (Phi) is 6.52. The molecule has 0 amide bonds. The summed E-state index contributed by atoms with van der Waals surface area (Å²) < 4.78 is 6.27. The number of aliphatic hydroxyl groups is 1. The molecule has 0 fully saturated rings. The van der Waals surface area contributed by atoms with Gasteiger partial charge in [0.2, 0.25) is 0 Å². The number of hydrogen-bond donors (Lipinski definition) is 1. The molecule has 1 N–H and O–H groups in total. The second-order valence-electron chi connectivity index (χ2n) is 5.77. The quantitative estimate of drug-likeness (QED) is 0.570. The summed E-state index contributed by atoms with van der Waals surface area (Å²) in [7, 11) is -1.66. The molecular formula is C13H28O2Si. The van der Waals surface area contributed by atoms with Crippen molar-refractivity contribution in [3.8, 4) is 0 Å². The van der Waals surface area contributed by atoms with Crippen LogP contribution in [0.5, 0.6) is 0 Å². The van der Waals surface area contributed by atoms with E-state index in [0.717, 1.165) is 12.8 Å². The van der Waals surface area contributed by atoms with Gasteiger partial charge in [-0.3, -0.25) is 0 Å². The first-order valence-electron chi connectivity index (χ1n) is 6.20. The molecule has 0 bridgehead atoms. The van der Waals surface area contributed by atoms with Gasteiger partial charge in [-0.25, -0.2) is 0 Å². The Morgan fingerprint density at radius 3 is 2.25 bits per heavy atom. The van der Waals surface area contributed by atoms with Crippen molar-refractivity contribution in [3.05, 3.63) is 12.2 Å². The van der Waals surface area contributed by atoms with Crippen LogP contribution in [0, 0.1) is 0 Å². The minimum Gasteiger partial charge on any atom is -0.411 e. The molecule has 0 aromatic carbocycles. The third-order valence-electron chi connectivity index (χ3n) is 3.30. The second-order valence-corrected chi connectivity index (χ2v) is 10.5. The normalized spacial score (nSPS) is 15.7. The molecule has 0 aliphatic heterocycles. The fraction of sp³-hybridized carbons (Fsp3) is 0.846. The van der Waals surface area contributed by atoms with E-state index in [1.807, 2.05) is 6.08 Å². The highest BCUT2D eigenvalue weighted by atomic mass is 28.4. The molecular weight excluding hydrogens is 216 g/mol. The van der Waals surface area contributed by atoms with Gasteiger partial charge in [0.25, 0.3) is 0 Å². The predicted molar refractivity (Wildman–Crippen MR) is 73.2 cm³/mol. The zero-order valence-corrected chi connectivity index (χ0v) is 12.7. The Labute approximate surface area is 102 Å². The van der Waals surface area contributed by atoms with Gasteiger partial charge in [0.05, 0.1) is 6.10 Å². The van der Waals surface area contributed by atoms with Crippen molar-refractivity contribution in [1.82, 2.24) is 0 Å². The summed E-state index contributed by atoms with van der Waals surface area (Å²) >= 11 is 0. The van der Waals surface area contributed by atoms with Crippen LogP contribution in [0.25, 0.3) is 0 Å². The lowest BCUT2D eigenvalue weighted by Gasteiger charge is -2.38. The van der Waals surface area contributed by atoms with E-state index in [4.69, 9.17) is 9.53 Å². The molecule has 0 spiro atoms. The maximum absolute atomic E-state index is 8.73. The van der Waals surface area contributed by atoms with E-state index in [0.29, 0.717) is 0 Å². The average molecular weight is 244 g/mol. The van der Waals surface area contributed by atoms with Crippen LogP contribution in [0.2, 0.25) is 18.1 Å². The average Bonchev–Trinajstić information content (AvgIpc) is 2.14. The Hall–Kier alpha value is -0.123. The van der Waals surface area contributed by atoms with Crippen LogP contribution in [0.3, 0.4) is 0 Å². The van der Waals surface area contributed by atoms with Crippen molar-refractivity contribution >= 4 is 8.32 Å². The lowest BCUT2D eigenvalue weighted by atomic mass is 10.2. The molecule has 1 unspecified atom stereocenters. The van der Waals surface area contributed by atoms with Crippen molar-refractivity contribution in [1.29, 1.82) is 0 Å². The number of rotatable bonds is 6. The summed E-state index contributed by atoms with van der Waals surface area (Å²) in [5.41, 5.74) is 0. The van der Waals surface area contributed by atoms with Gasteiger partial charge in [0, 0.05) is 6.61 Å². The van der Waals surface area contributed by atoms with Crippen molar-refractivity contribution in [3.63, 3.8) is 0 Å². The topological polar surface area (TPSA) is 29.5 Å². The van der Waals surface area contributed by atoms with Crippen LogP contribution < -0.4 is 0 Å². The van der Waals surface area contributed by atoms with Crippen LogP contribution >= 0.6 is 0 Å². The van der Waals surface area contributed by atoms with E-state index in [9.17, 15) is 0 Å². The zero-order valence-electron chi connectivity index (χ0n) is 11.7. The fourth-order valence-corrected chi connectivity index (χ4v) is 2.49. The first-order chi connectivity index (χ1) is 7.24. The minimum atomic E-state index is -1.66. The molecule has 3 heteroatoms. The summed E-state index contributed by atoms with van der Waals surface area (Å²) in [6, 6.07) is 0. The molecule has 2 nitrogen and oxygen atoms in total. The van der Waals surface area contributed by atoms with Crippen LogP contribution in [0.1, 0.15) is 40.5 Å². The standard InChI is InChI=1S/C13H28O2Si/c1-7-12(10-8-9-11-14)15-16(5,6)13(2,3)4/h8,10,12,14H,7,9,11H2,1-6H3. The Bertz CT molecular complexity index is 216. The van der Waals surface area contributed by atoms with Gasteiger partial charge in [0.15, 0.2) is 8.32 Å². The van der Waals surface area contributed by atoms with Crippen LogP contribution in [0.4, 0.5) is 0 Å². The summed E-state index contributed by atoms with van der Waals surface area (Å²) in [4.78, 5) is 0. The van der Waals surface area contributed by atoms with E-state index < -0.39 is 8.32 Å². The molecule has 0 aromatic heterocycles. The number of aliphatic hydroxyl groups excluding tert-OH is 1. The largest absolute Gasteiger partial charge is 0.411 e. The van der Waals surface area contributed by atoms with Gasteiger partial charge in [-0.2, -0.15) is 0 Å². The van der Waals surface area contributed by atoms with Gasteiger partial charge in [-0.05, 0) is 31.0 Å². The molecule has 0 aliphatic rings. The highest BCUT2D eigenvalue weighted by molar-refractivity contribution is 6.74. The Morgan fingerprint density at radius 2 is 1.88 bits per heavy atom. The third kappa shape index (κ3) is 5.28. The lowest BCUT2D eigenvalue weighted by molar-refractivity contribution is 0.220. The smallest absolute Gasteiger partial charge is 0.192 e. The second kappa shape index (κ2) is 6.57. The summed E-state index contributed by atoms with van der Waals surface area (Å²) in [6.07, 6.45) is 6.02. The SMILES string of the molecule is CCC(C=CCCO)O[Si](C)(C)C(C)(C)C. The highest BCUT2D eigenvalue weighted by Gasteiger charge is 2.38. The lowest BCUT2D eigenvalue weighted by Crippen LogP contribution is -2.43. The highest BCUT2D eigenvalue weighted by Crippen LogP contribution is 2.37. The molecule has 1 atom stereocenters. The molecule has 0 radical (unpaired) electrons. The molecule has 0 rings (SSSR count). The van der Waals surface area contributed by atoms with E-state index in [-0.39, 0.29) is 17.7 Å². The monoisotopic (exact) mass is 244 g/mol. The predicted octanol–water partition coefficient (Wildman–Crippen LogP) is 3.73. The maximum atomic E-state index is 8.73. The first kappa shape index (κ1) is 15.9. The summed E-state index contributed by atoms with van der Waals surface area (Å²) in [5.74, 6) is 0. The van der Waals surface area contributed by atoms with Gasteiger partial charge in [0.1, 0.15) is 0 Å². The van der Waals surface area contributed by atoms with Gasteiger partial charge < -0.3 is 9.53 Å². The van der Waals surface area contributed by atoms with Crippen LogP contribution in [-0.2, 0) is 4.43 Å². The Morgan fingerprint density at radius 1 is 1.31 bits per heavy atom. The summed E-state index contributed by atoms with van der Waals surface area (Å²) in [6.45, 7) is 13.7. The van der Waals surface area contributed by atoms with Crippen molar-refractivity contribution in [2.45, 2.75) is 64.8 Å². The van der Waals surface area contributed by atoms with Crippen molar-refractivity contribution in [2.24, 2.45) is 0 Å². The van der Waals surface area contributed by atoms with Gasteiger partial charge >= 0.3 is 0 Å². The molecule has 96 valence electrons. The van der Waals surface area contributed by atoms with Gasteiger partial charge in [-0.15, -0.1) is 0 Å². The van der Waals surface area contributed by atoms with Gasteiger partial charge in [-0.1, -0.05) is 39.8 Å². The van der Waals surface area contributed by atoms with Crippen LogP contribution in [-0.4, -0.2) is 26.1 Å². The van der Waals surface area contributed by atoms with E-state index in [1.54, 1.807) is 0 Å². The Balaban J connectivity index is 4.42.